The highest BCUT2D eigenvalue weighted by molar-refractivity contribution is 5.84. The normalized spacial score (nSPS) is 13.6. The number of rotatable bonds is 18. The summed E-state index contributed by atoms with van der Waals surface area (Å²) in [6.45, 7) is 15.1. The first kappa shape index (κ1) is 41.6. The maximum atomic E-state index is 14.4. The molecule has 4 N–H and O–H groups in total. The molecule has 0 aliphatic heterocycles. The molecule has 0 aliphatic rings. The van der Waals surface area contributed by atoms with E-state index >= 15 is 0 Å². The van der Waals surface area contributed by atoms with Crippen LogP contribution in [0.5, 0.6) is 0 Å². The summed E-state index contributed by atoms with van der Waals surface area (Å²) in [6, 6.07) is 25.3. The highest BCUT2D eigenvalue weighted by atomic mass is 16.6. The summed E-state index contributed by atoms with van der Waals surface area (Å²) in [5.74, 6) is -2.26. The summed E-state index contributed by atoms with van der Waals surface area (Å²) in [7, 11) is 0. The highest BCUT2D eigenvalue weighted by Gasteiger charge is 2.36. The van der Waals surface area contributed by atoms with E-state index in [1.165, 1.54) is 10.0 Å². The number of hydrogen-bond donors (Lipinski definition) is 4. The molecule has 0 aromatic heterocycles. The molecule has 0 fully saturated rings. The van der Waals surface area contributed by atoms with E-state index in [1.807, 2.05) is 119 Å². The van der Waals surface area contributed by atoms with Crippen LogP contribution in [0.1, 0.15) is 78.5 Å². The molecule has 3 aromatic rings. The Labute approximate surface area is 308 Å². The van der Waals surface area contributed by atoms with Crippen LogP contribution >= 0.6 is 0 Å². The van der Waals surface area contributed by atoms with Crippen molar-refractivity contribution in [2.24, 2.45) is 11.8 Å². The first-order valence-corrected chi connectivity index (χ1v) is 17.8. The van der Waals surface area contributed by atoms with Crippen molar-refractivity contribution in [3.05, 3.63) is 108 Å². The monoisotopic (exact) mass is 716 g/mol. The molecule has 0 saturated carbocycles. The van der Waals surface area contributed by atoms with Gasteiger partial charge in [-0.3, -0.25) is 30.7 Å². The molecule has 12 heteroatoms. The summed E-state index contributed by atoms with van der Waals surface area (Å²) < 4.78 is 5.55. The standard InChI is InChI=1S/C40H56N6O6/c1-28(2)24-34(38(49)50)45(26-32-20-14-10-15-21-32)41-36(47)30(5)44(25-31-18-12-9-13-19-31)42-37(48)35(29(3)4)46(27-33-22-16-11-17-23-33)43-39(51)52-40(6,7)8/h9-23,28-30,34-35H,24-27H2,1-8H3,(H,41,47)(H,42,48)(H,43,51)(H,49,50)/t30-,34-,35-/m0/s1. The number of benzene rings is 3. The van der Waals surface area contributed by atoms with Crippen LogP contribution < -0.4 is 16.3 Å². The van der Waals surface area contributed by atoms with Crippen LogP contribution in [0.2, 0.25) is 0 Å². The lowest BCUT2D eigenvalue weighted by Gasteiger charge is -2.37. The smallest absolute Gasteiger partial charge is 0.422 e. The van der Waals surface area contributed by atoms with Crippen LogP contribution in [-0.2, 0) is 38.8 Å². The number of hydrazine groups is 3. The van der Waals surface area contributed by atoms with Crippen LogP contribution in [0.3, 0.4) is 0 Å². The lowest BCUT2D eigenvalue weighted by Crippen LogP contribution is -2.62. The molecule has 52 heavy (non-hydrogen) atoms. The molecule has 3 atom stereocenters. The minimum absolute atomic E-state index is 0.0451. The average Bonchev–Trinajstić information content (AvgIpc) is 3.06. The van der Waals surface area contributed by atoms with Gasteiger partial charge in [0.2, 0.25) is 0 Å². The van der Waals surface area contributed by atoms with Gasteiger partial charge >= 0.3 is 12.1 Å². The fourth-order valence-corrected chi connectivity index (χ4v) is 5.66. The molecule has 0 bridgehead atoms. The van der Waals surface area contributed by atoms with E-state index in [9.17, 15) is 24.3 Å². The average molecular weight is 717 g/mol. The number of carbonyl (C=O) groups is 4. The molecule has 3 rings (SSSR count). The van der Waals surface area contributed by atoms with Crippen molar-refractivity contribution in [2.45, 2.75) is 105 Å². The van der Waals surface area contributed by atoms with Gasteiger partial charge in [0.1, 0.15) is 23.7 Å². The first-order chi connectivity index (χ1) is 24.5. The Morgan fingerprint density at radius 2 is 1.06 bits per heavy atom. The maximum absolute atomic E-state index is 14.4. The third kappa shape index (κ3) is 13.7. The summed E-state index contributed by atoms with van der Waals surface area (Å²) in [5.41, 5.74) is 10.4. The quantitative estimate of drug-likeness (QED) is 0.118. The predicted octanol–water partition coefficient (Wildman–Crippen LogP) is 5.91. The zero-order valence-electron chi connectivity index (χ0n) is 31.7. The molecule has 0 spiro atoms. The van der Waals surface area contributed by atoms with Crippen LogP contribution in [0.15, 0.2) is 91.0 Å². The zero-order chi connectivity index (χ0) is 38.4. The van der Waals surface area contributed by atoms with Gasteiger partial charge in [-0.25, -0.2) is 19.8 Å². The Kier molecular flexibility index (Phi) is 15.8. The molecule has 0 heterocycles. The molecule has 0 unspecified atom stereocenters. The number of hydrogen-bond acceptors (Lipinski definition) is 8. The van der Waals surface area contributed by atoms with Gasteiger partial charge in [-0.1, -0.05) is 119 Å². The van der Waals surface area contributed by atoms with Gasteiger partial charge in [-0.2, -0.15) is 0 Å². The fourth-order valence-electron chi connectivity index (χ4n) is 5.66. The molecular weight excluding hydrogens is 660 g/mol. The van der Waals surface area contributed by atoms with Crippen LogP contribution in [0.25, 0.3) is 0 Å². The number of ether oxygens (including phenoxy) is 1. The molecular formula is C40H56N6O6. The minimum atomic E-state index is -1.05. The SMILES string of the molecule is CC(C)C[C@@H](C(=O)O)N(Cc1ccccc1)NC(=O)[C@H](C)N(Cc1ccccc1)NC(=O)[C@H](C(C)C)N(Cc1ccccc1)NC(=O)OC(C)(C)C. The zero-order valence-corrected chi connectivity index (χ0v) is 31.7. The van der Waals surface area contributed by atoms with Gasteiger partial charge in [-0.15, -0.1) is 0 Å². The number of aliphatic carboxylic acids is 1. The maximum Gasteiger partial charge on any atom is 0.422 e. The largest absolute Gasteiger partial charge is 0.480 e. The highest BCUT2D eigenvalue weighted by Crippen LogP contribution is 2.18. The van der Waals surface area contributed by atoms with Crippen LogP contribution in [0, 0.1) is 11.8 Å². The second-order valence-corrected chi connectivity index (χ2v) is 14.8. The third-order valence-corrected chi connectivity index (χ3v) is 8.17. The summed E-state index contributed by atoms with van der Waals surface area (Å²) in [5, 5.41) is 14.8. The Morgan fingerprint density at radius 3 is 1.46 bits per heavy atom. The van der Waals surface area contributed by atoms with Gasteiger partial charge in [0.15, 0.2) is 0 Å². The summed E-state index contributed by atoms with van der Waals surface area (Å²) >= 11 is 0. The molecule has 0 aliphatic carbocycles. The third-order valence-electron chi connectivity index (χ3n) is 8.17. The number of carboxylic acids is 1. The van der Waals surface area contributed by atoms with E-state index in [4.69, 9.17) is 4.74 Å². The van der Waals surface area contributed by atoms with Crippen molar-refractivity contribution in [3.63, 3.8) is 0 Å². The first-order valence-electron chi connectivity index (χ1n) is 17.8. The molecule has 0 saturated heterocycles. The second kappa shape index (κ2) is 19.7. The molecule has 282 valence electrons. The van der Waals surface area contributed by atoms with E-state index in [1.54, 1.807) is 32.7 Å². The molecule has 3 amide bonds. The Balaban J connectivity index is 1.96. The molecule has 12 nitrogen and oxygen atoms in total. The van der Waals surface area contributed by atoms with Gasteiger partial charge in [0, 0.05) is 19.6 Å². The van der Waals surface area contributed by atoms with Crippen molar-refractivity contribution in [1.29, 1.82) is 0 Å². The van der Waals surface area contributed by atoms with E-state index in [-0.39, 0.29) is 31.5 Å². The van der Waals surface area contributed by atoms with Crippen molar-refractivity contribution < 1.29 is 29.0 Å². The fraction of sp³-hybridized carbons (Fsp3) is 0.450. The van der Waals surface area contributed by atoms with E-state index in [2.05, 4.69) is 16.3 Å². The Morgan fingerprint density at radius 1 is 0.635 bits per heavy atom. The van der Waals surface area contributed by atoms with Crippen molar-refractivity contribution >= 4 is 23.9 Å². The molecule has 0 radical (unpaired) electrons. The lowest BCUT2D eigenvalue weighted by atomic mass is 10.0. The summed E-state index contributed by atoms with van der Waals surface area (Å²) in [4.78, 5) is 54.1. The van der Waals surface area contributed by atoms with E-state index in [0.29, 0.717) is 6.42 Å². The predicted molar refractivity (Wildman–Crippen MR) is 201 cm³/mol. The lowest BCUT2D eigenvalue weighted by molar-refractivity contribution is -0.149. The van der Waals surface area contributed by atoms with E-state index < -0.39 is 47.6 Å². The number of nitrogens with one attached hydrogen (secondary N) is 3. The topological polar surface area (TPSA) is 144 Å². The van der Waals surface area contributed by atoms with Gasteiger partial charge < -0.3 is 9.84 Å². The number of carbonyl (C=O) groups excluding carboxylic acids is 3. The van der Waals surface area contributed by atoms with E-state index in [0.717, 1.165) is 16.7 Å². The van der Waals surface area contributed by atoms with Gasteiger partial charge in [0.05, 0.1) is 0 Å². The summed E-state index contributed by atoms with van der Waals surface area (Å²) in [6.07, 6.45) is -0.400. The van der Waals surface area contributed by atoms with Crippen LogP contribution in [0.4, 0.5) is 4.79 Å². The van der Waals surface area contributed by atoms with Crippen molar-refractivity contribution in [1.82, 2.24) is 31.3 Å². The molecule has 3 aromatic carbocycles. The number of nitrogens with zero attached hydrogens (tertiary/aromatic N) is 3. The number of amides is 3. The van der Waals surface area contributed by atoms with Crippen molar-refractivity contribution in [3.8, 4) is 0 Å². The van der Waals surface area contributed by atoms with Crippen molar-refractivity contribution in [2.75, 3.05) is 0 Å². The van der Waals surface area contributed by atoms with Gasteiger partial charge in [-0.05, 0) is 62.6 Å². The van der Waals surface area contributed by atoms with Crippen LogP contribution in [-0.4, -0.2) is 67.7 Å². The Hall–Kier alpha value is -4.78. The van der Waals surface area contributed by atoms with Gasteiger partial charge in [0.25, 0.3) is 11.8 Å². The minimum Gasteiger partial charge on any atom is -0.480 e. The second-order valence-electron chi connectivity index (χ2n) is 14.8. The number of carboxylic acid groups (broad SMARTS) is 1. The Bertz CT molecular complexity index is 1570.